The highest BCUT2D eigenvalue weighted by Crippen LogP contribution is 2.18. The summed E-state index contributed by atoms with van der Waals surface area (Å²) in [5.41, 5.74) is 1.37. The molecular weight excluding hydrogens is 291 g/mol. The van der Waals surface area contributed by atoms with Gasteiger partial charge in [-0.05, 0) is 31.5 Å². The number of ether oxygens (including phenoxy) is 1. The highest BCUT2D eigenvalue weighted by atomic mass is 32.2. The Hall–Kier alpha value is -1.66. The minimum atomic E-state index is -0.261. The number of nitrogens with zero attached hydrogens (tertiary/aromatic N) is 1. The van der Waals surface area contributed by atoms with Crippen molar-refractivity contribution in [1.82, 2.24) is 9.97 Å². The first-order valence-electron chi connectivity index (χ1n) is 6.62. The van der Waals surface area contributed by atoms with E-state index < -0.39 is 0 Å². The third-order valence-electron chi connectivity index (χ3n) is 2.63. The van der Waals surface area contributed by atoms with Crippen molar-refractivity contribution in [2.75, 3.05) is 0 Å². The summed E-state index contributed by atoms with van der Waals surface area (Å²) in [6, 6.07) is 7.70. The van der Waals surface area contributed by atoms with E-state index in [0.29, 0.717) is 23.2 Å². The lowest BCUT2D eigenvalue weighted by Crippen LogP contribution is -2.12. The van der Waals surface area contributed by atoms with Gasteiger partial charge in [-0.1, -0.05) is 23.9 Å². The van der Waals surface area contributed by atoms with Gasteiger partial charge in [-0.3, -0.25) is 4.79 Å². The smallest absolute Gasteiger partial charge is 0.251 e. The van der Waals surface area contributed by atoms with Crippen molar-refractivity contribution >= 4 is 11.8 Å². The average Bonchev–Trinajstić information content (AvgIpc) is 2.44. The predicted molar refractivity (Wildman–Crippen MR) is 80.7 cm³/mol. The van der Waals surface area contributed by atoms with Crippen LogP contribution in [0.25, 0.3) is 0 Å². The van der Waals surface area contributed by atoms with Crippen LogP contribution in [0.3, 0.4) is 0 Å². The molecule has 0 saturated carbocycles. The number of nitrogens with one attached hydrogen (secondary N) is 1. The summed E-state index contributed by atoms with van der Waals surface area (Å²) in [6.45, 7) is 4.17. The van der Waals surface area contributed by atoms with Crippen molar-refractivity contribution in [3.8, 4) is 0 Å². The van der Waals surface area contributed by atoms with E-state index >= 15 is 0 Å². The Morgan fingerprint density at radius 1 is 1.33 bits per heavy atom. The van der Waals surface area contributed by atoms with Gasteiger partial charge in [-0.15, -0.1) is 0 Å². The van der Waals surface area contributed by atoms with Crippen LogP contribution in [0, 0.1) is 5.82 Å². The summed E-state index contributed by atoms with van der Waals surface area (Å²) in [5, 5.41) is 0.536. The number of aromatic nitrogens is 2. The Morgan fingerprint density at radius 3 is 2.71 bits per heavy atom. The summed E-state index contributed by atoms with van der Waals surface area (Å²) in [4.78, 5) is 18.6. The molecule has 0 bridgehead atoms. The predicted octanol–water partition coefficient (Wildman–Crippen LogP) is 3.13. The maximum absolute atomic E-state index is 12.8. The van der Waals surface area contributed by atoms with E-state index in [1.165, 1.54) is 30.0 Å². The van der Waals surface area contributed by atoms with Gasteiger partial charge >= 0.3 is 0 Å². The van der Waals surface area contributed by atoms with Gasteiger partial charge in [0.2, 0.25) is 0 Å². The fourth-order valence-corrected chi connectivity index (χ4v) is 2.46. The fourth-order valence-electron chi connectivity index (χ4n) is 1.61. The van der Waals surface area contributed by atoms with Gasteiger partial charge < -0.3 is 9.72 Å². The SMILES string of the molecule is CC(C)OCc1cc(=O)[nH]c(SCc2ccc(F)cc2)n1. The van der Waals surface area contributed by atoms with Gasteiger partial charge in [-0.2, -0.15) is 0 Å². The van der Waals surface area contributed by atoms with E-state index in [4.69, 9.17) is 4.74 Å². The summed E-state index contributed by atoms with van der Waals surface area (Å²) in [7, 11) is 0. The number of hydrogen-bond donors (Lipinski definition) is 1. The molecule has 1 aromatic carbocycles. The monoisotopic (exact) mass is 308 g/mol. The minimum Gasteiger partial charge on any atom is -0.373 e. The second kappa shape index (κ2) is 7.38. The lowest BCUT2D eigenvalue weighted by atomic mass is 10.2. The van der Waals surface area contributed by atoms with Gasteiger partial charge in [0.1, 0.15) is 5.82 Å². The van der Waals surface area contributed by atoms with Gasteiger partial charge in [-0.25, -0.2) is 9.37 Å². The zero-order valence-electron chi connectivity index (χ0n) is 11.9. The average molecular weight is 308 g/mol. The topological polar surface area (TPSA) is 55.0 Å². The first-order valence-corrected chi connectivity index (χ1v) is 7.60. The van der Waals surface area contributed by atoms with Crippen LogP contribution in [0.2, 0.25) is 0 Å². The normalized spacial score (nSPS) is 11.0. The second-order valence-electron chi connectivity index (χ2n) is 4.82. The van der Waals surface area contributed by atoms with Crippen molar-refractivity contribution in [3.63, 3.8) is 0 Å². The van der Waals surface area contributed by atoms with Crippen molar-refractivity contribution in [1.29, 1.82) is 0 Å². The Kier molecular flexibility index (Phi) is 5.52. The van der Waals surface area contributed by atoms with Gasteiger partial charge in [0.15, 0.2) is 5.16 Å². The van der Waals surface area contributed by atoms with Crippen LogP contribution >= 0.6 is 11.8 Å². The standard InChI is InChI=1S/C15H17FN2O2S/c1-10(2)20-8-13-7-14(19)18-15(17-13)21-9-11-3-5-12(16)6-4-11/h3-7,10H,8-9H2,1-2H3,(H,17,18,19). The molecule has 0 amide bonds. The number of hydrogen-bond acceptors (Lipinski definition) is 4. The molecule has 0 fully saturated rings. The van der Waals surface area contributed by atoms with Crippen LogP contribution in [-0.2, 0) is 17.1 Å². The molecule has 1 heterocycles. The third kappa shape index (κ3) is 5.32. The Bertz CT molecular complexity index is 641. The third-order valence-corrected chi connectivity index (χ3v) is 3.57. The van der Waals surface area contributed by atoms with E-state index in [1.807, 2.05) is 13.8 Å². The maximum Gasteiger partial charge on any atom is 0.251 e. The molecule has 6 heteroatoms. The number of thioether (sulfide) groups is 1. The quantitative estimate of drug-likeness (QED) is 0.658. The highest BCUT2D eigenvalue weighted by Gasteiger charge is 2.04. The van der Waals surface area contributed by atoms with Crippen LogP contribution in [-0.4, -0.2) is 16.1 Å². The maximum atomic E-state index is 12.8. The van der Waals surface area contributed by atoms with Gasteiger partial charge in [0, 0.05) is 11.8 Å². The summed E-state index contributed by atoms with van der Waals surface area (Å²) >= 11 is 1.40. The van der Waals surface area contributed by atoms with Crippen LogP contribution < -0.4 is 5.56 Å². The van der Waals surface area contributed by atoms with E-state index in [9.17, 15) is 9.18 Å². The number of halogens is 1. The first kappa shape index (κ1) is 15.7. The number of rotatable bonds is 6. The molecular formula is C15H17FN2O2S. The van der Waals surface area contributed by atoms with Crippen LogP contribution in [0.5, 0.6) is 0 Å². The summed E-state index contributed by atoms with van der Waals surface area (Å²) < 4.78 is 18.3. The largest absolute Gasteiger partial charge is 0.373 e. The van der Waals surface area contributed by atoms with Crippen LogP contribution in [0.1, 0.15) is 25.1 Å². The van der Waals surface area contributed by atoms with Gasteiger partial charge in [0.05, 0.1) is 18.4 Å². The van der Waals surface area contributed by atoms with Gasteiger partial charge in [0.25, 0.3) is 5.56 Å². The summed E-state index contributed by atoms with van der Waals surface area (Å²) in [5.74, 6) is 0.348. The zero-order valence-corrected chi connectivity index (χ0v) is 12.7. The molecule has 0 unspecified atom stereocenters. The van der Waals surface area contributed by atoms with Crippen molar-refractivity contribution in [2.45, 2.75) is 37.5 Å². The van der Waals surface area contributed by atoms with E-state index in [1.54, 1.807) is 12.1 Å². The molecule has 1 N–H and O–H groups in total. The Balaban J connectivity index is 2.02. The molecule has 1 aromatic heterocycles. The molecule has 2 rings (SSSR count). The number of aromatic amines is 1. The first-order chi connectivity index (χ1) is 10.0. The molecule has 112 valence electrons. The van der Waals surface area contributed by atoms with E-state index in [0.717, 1.165) is 5.56 Å². The molecule has 2 aromatic rings. The number of benzene rings is 1. The summed E-state index contributed by atoms with van der Waals surface area (Å²) in [6.07, 6.45) is 0.0846. The minimum absolute atomic E-state index is 0.0846. The fraction of sp³-hybridized carbons (Fsp3) is 0.333. The molecule has 0 atom stereocenters. The molecule has 0 spiro atoms. The second-order valence-corrected chi connectivity index (χ2v) is 5.78. The molecule has 0 radical (unpaired) electrons. The lowest BCUT2D eigenvalue weighted by molar-refractivity contribution is 0.0631. The van der Waals surface area contributed by atoms with Crippen LogP contribution in [0.4, 0.5) is 4.39 Å². The molecule has 0 aliphatic rings. The molecule has 21 heavy (non-hydrogen) atoms. The molecule has 0 aliphatic heterocycles. The Morgan fingerprint density at radius 2 is 2.05 bits per heavy atom. The van der Waals surface area contributed by atoms with Crippen molar-refractivity contribution < 1.29 is 9.13 Å². The molecule has 0 saturated heterocycles. The molecule has 0 aliphatic carbocycles. The van der Waals surface area contributed by atoms with Crippen molar-refractivity contribution in [3.05, 3.63) is 57.8 Å². The zero-order chi connectivity index (χ0) is 15.2. The van der Waals surface area contributed by atoms with E-state index in [2.05, 4.69) is 9.97 Å². The highest BCUT2D eigenvalue weighted by molar-refractivity contribution is 7.98. The lowest BCUT2D eigenvalue weighted by Gasteiger charge is -2.08. The Labute approximate surface area is 126 Å². The number of H-pyrrole nitrogens is 1. The van der Waals surface area contributed by atoms with E-state index in [-0.39, 0.29) is 17.5 Å². The van der Waals surface area contributed by atoms with Crippen molar-refractivity contribution in [2.24, 2.45) is 0 Å². The van der Waals surface area contributed by atoms with Crippen LogP contribution in [0.15, 0.2) is 40.3 Å². The molecule has 4 nitrogen and oxygen atoms in total.